The van der Waals surface area contributed by atoms with E-state index in [1.165, 1.54) is 0 Å². The molecule has 2 rings (SSSR count). The first-order chi connectivity index (χ1) is 8.09. The summed E-state index contributed by atoms with van der Waals surface area (Å²) in [6.07, 6.45) is 0. The van der Waals surface area contributed by atoms with Gasteiger partial charge in [0.25, 0.3) is 0 Å². The van der Waals surface area contributed by atoms with Gasteiger partial charge in [-0.05, 0) is 35.7 Å². The second kappa shape index (κ2) is 4.60. The Kier molecular flexibility index (Phi) is 3.16. The van der Waals surface area contributed by atoms with E-state index >= 15 is 0 Å². The molecular weight excluding hydrogens is 232 g/mol. The van der Waals surface area contributed by atoms with E-state index in [-0.39, 0.29) is 5.84 Å². The number of nitrogen functional groups attached to an aromatic ring is 1. The fourth-order valence-corrected chi connectivity index (χ4v) is 2.11. The predicted molar refractivity (Wildman–Crippen MR) is 72.6 cm³/mol. The van der Waals surface area contributed by atoms with E-state index in [2.05, 4.69) is 0 Å². The van der Waals surface area contributed by atoms with Gasteiger partial charge in [0, 0.05) is 10.6 Å². The molecule has 0 aliphatic rings. The molecule has 0 saturated heterocycles. The summed E-state index contributed by atoms with van der Waals surface area (Å²) >= 11 is 5.94. The molecule has 17 heavy (non-hydrogen) atoms. The molecule has 2 nitrogen and oxygen atoms in total. The molecule has 0 atom stereocenters. The van der Waals surface area contributed by atoms with Crippen molar-refractivity contribution in [2.75, 3.05) is 0 Å². The van der Waals surface area contributed by atoms with E-state index in [0.717, 1.165) is 22.3 Å². The summed E-state index contributed by atoms with van der Waals surface area (Å²) in [7, 11) is 0. The molecule has 0 aromatic heterocycles. The molecule has 0 heterocycles. The normalized spacial score (nSPS) is 10.2. The van der Waals surface area contributed by atoms with Crippen LogP contribution in [0.1, 0.15) is 11.1 Å². The highest BCUT2D eigenvalue weighted by Crippen LogP contribution is 2.28. The van der Waals surface area contributed by atoms with Crippen LogP contribution in [0, 0.1) is 12.3 Å². The van der Waals surface area contributed by atoms with E-state index < -0.39 is 0 Å². The van der Waals surface area contributed by atoms with E-state index in [4.69, 9.17) is 22.7 Å². The number of halogens is 1. The molecule has 0 radical (unpaired) electrons. The van der Waals surface area contributed by atoms with E-state index in [0.29, 0.717) is 5.02 Å². The summed E-state index contributed by atoms with van der Waals surface area (Å²) in [5.74, 6) is 0.0787. The molecule has 0 aliphatic carbocycles. The van der Waals surface area contributed by atoms with Crippen molar-refractivity contribution in [1.29, 1.82) is 5.41 Å². The first-order valence-electron chi connectivity index (χ1n) is 5.29. The van der Waals surface area contributed by atoms with Crippen molar-refractivity contribution in [2.45, 2.75) is 6.92 Å². The number of nitrogens with one attached hydrogen (secondary N) is 1. The number of amidine groups is 1. The minimum absolute atomic E-state index is 0.0787. The van der Waals surface area contributed by atoms with Crippen molar-refractivity contribution in [3.05, 3.63) is 58.6 Å². The molecule has 3 heteroatoms. The van der Waals surface area contributed by atoms with Crippen LogP contribution >= 0.6 is 11.6 Å². The highest BCUT2D eigenvalue weighted by Gasteiger charge is 2.09. The highest BCUT2D eigenvalue weighted by atomic mass is 35.5. The second-order valence-corrected chi connectivity index (χ2v) is 4.35. The molecule has 0 bridgehead atoms. The lowest BCUT2D eigenvalue weighted by Crippen LogP contribution is -2.12. The fourth-order valence-electron chi connectivity index (χ4n) is 1.88. The van der Waals surface area contributed by atoms with Crippen LogP contribution in [0.4, 0.5) is 0 Å². The molecule has 86 valence electrons. The summed E-state index contributed by atoms with van der Waals surface area (Å²) in [4.78, 5) is 0. The summed E-state index contributed by atoms with van der Waals surface area (Å²) in [6, 6.07) is 13.4. The molecule has 0 saturated carbocycles. The maximum Gasteiger partial charge on any atom is 0.123 e. The monoisotopic (exact) mass is 244 g/mol. The maximum absolute atomic E-state index is 7.59. The third kappa shape index (κ3) is 2.32. The highest BCUT2D eigenvalue weighted by molar-refractivity contribution is 6.30. The zero-order valence-corrected chi connectivity index (χ0v) is 10.3. The third-order valence-electron chi connectivity index (χ3n) is 2.70. The van der Waals surface area contributed by atoms with Gasteiger partial charge in [-0.15, -0.1) is 0 Å². The van der Waals surface area contributed by atoms with Gasteiger partial charge >= 0.3 is 0 Å². The first-order valence-corrected chi connectivity index (χ1v) is 5.67. The quantitative estimate of drug-likeness (QED) is 0.616. The summed E-state index contributed by atoms with van der Waals surface area (Å²) in [5.41, 5.74) is 9.43. The average molecular weight is 245 g/mol. The van der Waals surface area contributed by atoms with E-state index in [1.807, 2.05) is 49.4 Å². The topological polar surface area (TPSA) is 49.9 Å². The lowest BCUT2D eigenvalue weighted by molar-refractivity contribution is 1.40. The maximum atomic E-state index is 7.59. The number of hydrogen-bond acceptors (Lipinski definition) is 1. The molecule has 2 aromatic rings. The number of rotatable bonds is 2. The number of nitrogens with two attached hydrogens (primary N) is 1. The van der Waals surface area contributed by atoms with Crippen molar-refractivity contribution in [2.24, 2.45) is 5.73 Å². The molecule has 2 aromatic carbocycles. The number of benzene rings is 2. The lowest BCUT2D eigenvalue weighted by atomic mass is 9.95. The first kappa shape index (κ1) is 11.7. The lowest BCUT2D eigenvalue weighted by Gasteiger charge is -2.11. The number of hydrogen-bond donors (Lipinski definition) is 2. The Morgan fingerprint density at radius 2 is 1.82 bits per heavy atom. The molecule has 0 spiro atoms. The van der Waals surface area contributed by atoms with Crippen LogP contribution in [0.25, 0.3) is 11.1 Å². The zero-order valence-electron chi connectivity index (χ0n) is 9.50. The standard InChI is InChI=1S/C14H13ClN2/c1-9-8-10(15)6-7-11(9)12-4-2-3-5-13(12)14(16)17/h2-8H,1H3,(H3,16,17). The van der Waals surface area contributed by atoms with Gasteiger partial charge in [-0.3, -0.25) is 5.41 Å². The van der Waals surface area contributed by atoms with Gasteiger partial charge in [-0.1, -0.05) is 41.9 Å². The Labute approximate surface area is 106 Å². The van der Waals surface area contributed by atoms with Crippen molar-refractivity contribution in [3.8, 4) is 11.1 Å². The predicted octanol–water partition coefficient (Wildman–Crippen LogP) is 3.60. The average Bonchev–Trinajstić information content (AvgIpc) is 2.29. The summed E-state index contributed by atoms with van der Waals surface area (Å²) in [6.45, 7) is 2.00. The van der Waals surface area contributed by atoms with Crippen molar-refractivity contribution < 1.29 is 0 Å². The van der Waals surface area contributed by atoms with Crippen LogP contribution < -0.4 is 5.73 Å². The van der Waals surface area contributed by atoms with Gasteiger partial charge in [-0.2, -0.15) is 0 Å². The van der Waals surface area contributed by atoms with Gasteiger partial charge in [0.2, 0.25) is 0 Å². The van der Waals surface area contributed by atoms with Crippen molar-refractivity contribution in [1.82, 2.24) is 0 Å². The van der Waals surface area contributed by atoms with Crippen LogP contribution in [-0.2, 0) is 0 Å². The molecule has 0 unspecified atom stereocenters. The SMILES string of the molecule is Cc1cc(Cl)ccc1-c1ccccc1C(=N)N. The molecule has 0 aliphatic heterocycles. The van der Waals surface area contributed by atoms with E-state index in [9.17, 15) is 0 Å². The Morgan fingerprint density at radius 3 is 2.47 bits per heavy atom. The Balaban J connectivity index is 2.64. The minimum atomic E-state index is 0.0787. The number of aryl methyl sites for hydroxylation is 1. The Bertz CT molecular complexity index is 576. The van der Waals surface area contributed by atoms with Gasteiger partial charge in [-0.25, -0.2) is 0 Å². The van der Waals surface area contributed by atoms with Crippen molar-refractivity contribution in [3.63, 3.8) is 0 Å². The molecular formula is C14H13ClN2. The smallest absolute Gasteiger partial charge is 0.123 e. The summed E-state index contributed by atoms with van der Waals surface area (Å²) in [5, 5.41) is 8.30. The van der Waals surface area contributed by atoms with Gasteiger partial charge in [0.15, 0.2) is 0 Å². The minimum Gasteiger partial charge on any atom is -0.384 e. The van der Waals surface area contributed by atoms with Crippen LogP contribution in [-0.4, -0.2) is 5.84 Å². The van der Waals surface area contributed by atoms with Crippen LogP contribution in [0.3, 0.4) is 0 Å². The molecule has 0 fully saturated rings. The van der Waals surface area contributed by atoms with Crippen molar-refractivity contribution >= 4 is 17.4 Å². The fraction of sp³-hybridized carbons (Fsp3) is 0.0714. The largest absolute Gasteiger partial charge is 0.384 e. The molecule has 3 N–H and O–H groups in total. The second-order valence-electron chi connectivity index (χ2n) is 3.92. The van der Waals surface area contributed by atoms with Crippen LogP contribution in [0.2, 0.25) is 5.02 Å². The molecule has 0 amide bonds. The van der Waals surface area contributed by atoms with Gasteiger partial charge < -0.3 is 5.73 Å². The summed E-state index contributed by atoms with van der Waals surface area (Å²) < 4.78 is 0. The third-order valence-corrected chi connectivity index (χ3v) is 2.93. The zero-order chi connectivity index (χ0) is 12.4. The van der Waals surface area contributed by atoms with Crippen LogP contribution in [0.5, 0.6) is 0 Å². The van der Waals surface area contributed by atoms with E-state index in [1.54, 1.807) is 0 Å². The van der Waals surface area contributed by atoms with Gasteiger partial charge in [0.05, 0.1) is 0 Å². The Morgan fingerprint density at radius 1 is 1.12 bits per heavy atom. The van der Waals surface area contributed by atoms with Crippen LogP contribution in [0.15, 0.2) is 42.5 Å². The van der Waals surface area contributed by atoms with Gasteiger partial charge in [0.1, 0.15) is 5.84 Å². The Hall–Kier alpha value is -1.80.